The molecule has 0 radical (unpaired) electrons. The van der Waals surface area contributed by atoms with Crippen molar-refractivity contribution in [2.75, 3.05) is 20.8 Å². The van der Waals surface area contributed by atoms with Crippen LogP contribution >= 0.6 is 0 Å². The number of carboxylic acid groups (broad SMARTS) is 1. The predicted octanol–water partition coefficient (Wildman–Crippen LogP) is 2.37. The van der Waals surface area contributed by atoms with Crippen LogP contribution in [0.5, 0.6) is 28.7 Å². The zero-order valence-electron chi connectivity index (χ0n) is 23.0. The Kier molecular flexibility index (Phi) is 7.58. The highest BCUT2D eigenvalue weighted by atomic mass is 16.7. The molecular weight excluding hydrogens is 548 g/mol. The van der Waals surface area contributed by atoms with E-state index in [1.807, 2.05) is 48.5 Å². The Balaban J connectivity index is 1.36. The van der Waals surface area contributed by atoms with Crippen molar-refractivity contribution in [1.82, 2.24) is 0 Å². The molecule has 3 aliphatic rings. The van der Waals surface area contributed by atoms with Crippen molar-refractivity contribution in [3.63, 3.8) is 0 Å². The molecule has 222 valence electrons. The molecule has 7 atom stereocenters. The highest BCUT2D eigenvalue weighted by Gasteiger charge is 2.49. The third-order valence-electron chi connectivity index (χ3n) is 8.04. The quantitative estimate of drug-likeness (QED) is 0.311. The molecule has 0 aliphatic carbocycles. The topological polar surface area (TPSA) is 153 Å². The average molecular weight is 581 g/mol. The van der Waals surface area contributed by atoms with Crippen LogP contribution in [0.15, 0.2) is 54.6 Å². The molecule has 1 saturated heterocycles. The van der Waals surface area contributed by atoms with Crippen LogP contribution in [-0.2, 0) is 22.4 Å². The molecule has 6 rings (SSSR count). The second-order valence-electron chi connectivity index (χ2n) is 10.5. The fraction of sp³-hybridized carbons (Fsp3) is 0.387. The number of carbonyl (C=O) groups is 1. The lowest BCUT2D eigenvalue weighted by molar-refractivity contribution is -0.271. The molecular formula is C31H32O11. The number of carboxylic acids is 1. The smallest absolute Gasteiger partial charge is 0.335 e. The van der Waals surface area contributed by atoms with Crippen LogP contribution in [0.2, 0.25) is 0 Å². The molecule has 1 fully saturated rings. The first-order chi connectivity index (χ1) is 20.3. The number of fused-ring (bicyclic) bond motifs is 5. The van der Waals surface area contributed by atoms with Gasteiger partial charge in [0.05, 0.1) is 26.7 Å². The van der Waals surface area contributed by atoms with Crippen LogP contribution in [0, 0.1) is 0 Å². The number of aliphatic hydroxyl groups excluding tert-OH is 3. The van der Waals surface area contributed by atoms with E-state index in [1.54, 1.807) is 20.3 Å². The van der Waals surface area contributed by atoms with E-state index in [0.29, 0.717) is 42.4 Å². The summed E-state index contributed by atoms with van der Waals surface area (Å²) in [5, 5.41) is 40.5. The standard InChI is InChI=1S/C31H32O11/c1-37-20-11-10-17-19-14-39-22-13-21(40-31-25(34)23(32)24(33)29(42-31)30(35)36)16(9-8-15-6-4-3-5-7-15)12-18(22)26(19)41-27(17)28(20)38-2/h3-7,10-13,19,23-26,29,31-34H,8-9,14H2,1-2H3,(H,35,36)/t19-,23-,24-,25+,26+,29-,31-/m0/s1. The van der Waals surface area contributed by atoms with Gasteiger partial charge in [0.25, 0.3) is 0 Å². The Morgan fingerprint density at radius 2 is 1.69 bits per heavy atom. The molecule has 3 aromatic rings. The summed E-state index contributed by atoms with van der Waals surface area (Å²) in [5.74, 6) is 0.853. The van der Waals surface area contributed by atoms with Crippen LogP contribution in [-0.4, -0.2) is 77.9 Å². The number of methoxy groups -OCH3 is 2. The van der Waals surface area contributed by atoms with Crippen LogP contribution in [0.3, 0.4) is 0 Å². The maximum Gasteiger partial charge on any atom is 0.335 e. The van der Waals surface area contributed by atoms with Crippen molar-refractivity contribution in [2.24, 2.45) is 0 Å². The first-order valence-electron chi connectivity index (χ1n) is 13.6. The Morgan fingerprint density at radius 3 is 2.40 bits per heavy atom. The molecule has 0 amide bonds. The molecule has 3 aromatic carbocycles. The summed E-state index contributed by atoms with van der Waals surface area (Å²) in [6, 6.07) is 17.2. The first kappa shape index (κ1) is 28.1. The van der Waals surface area contributed by atoms with Gasteiger partial charge >= 0.3 is 5.97 Å². The Hall–Kier alpha value is -4.03. The number of rotatable bonds is 8. The lowest BCUT2D eigenvalue weighted by atomic mass is 9.87. The minimum atomic E-state index is -1.82. The van der Waals surface area contributed by atoms with Gasteiger partial charge in [0, 0.05) is 17.2 Å². The summed E-state index contributed by atoms with van der Waals surface area (Å²) in [6.45, 7) is 0.317. The van der Waals surface area contributed by atoms with Gasteiger partial charge in [0.1, 0.15) is 35.9 Å². The van der Waals surface area contributed by atoms with E-state index < -0.39 is 36.7 Å². The fourth-order valence-corrected chi connectivity index (χ4v) is 5.81. The normalized spacial score (nSPS) is 27.5. The van der Waals surface area contributed by atoms with Gasteiger partial charge < -0.3 is 48.8 Å². The Morgan fingerprint density at radius 1 is 0.905 bits per heavy atom. The zero-order valence-corrected chi connectivity index (χ0v) is 23.0. The van der Waals surface area contributed by atoms with Gasteiger partial charge in [-0.3, -0.25) is 0 Å². The number of ether oxygens (including phenoxy) is 6. The van der Waals surface area contributed by atoms with Crippen molar-refractivity contribution in [3.8, 4) is 28.7 Å². The largest absolute Gasteiger partial charge is 0.493 e. The summed E-state index contributed by atoms with van der Waals surface area (Å²) in [4.78, 5) is 11.6. The number of aliphatic carboxylic acids is 1. The maximum atomic E-state index is 11.6. The third kappa shape index (κ3) is 4.88. The van der Waals surface area contributed by atoms with E-state index in [4.69, 9.17) is 28.4 Å². The molecule has 4 N–H and O–H groups in total. The van der Waals surface area contributed by atoms with Gasteiger partial charge in [0.15, 0.2) is 17.6 Å². The van der Waals surface area contributed by atoms with Crippen molar-refractivity contribution in [1.29, 1.82) is 0 Å². The minimum absolute atomic E-state index is 0.0995. The van der Waals surface area contributed by atoms with Crippen LogP contribution < -0.4 is 23.7 Å². The summed E-state index contributed by atoms with van der Waals surface area (Å²) in [5.41, 5.74) is 3.56. The number of aliphatic hydroxyl groups is 3. The molecule has 0 bridgehead atoms. The van der Waals surface area contributed by atoms with E-state index in [1.165, 1.54) is 0 Å². The summed E-state index contributed by atoms with van der Waals surface area (Å²) < 4.78 is 35.1. The average Bonchev–Trinajstić information content (AvgIpc) is 3.39. The molecule has 3 aliphatic heterocycles. The van der Waals surface area contributed by atoms with E-state index in [0.717, 1.165) is 22.3 Å². The fourth-order valence-electron chi connectivity index (χ4n) is 5.81. The van der Waals surface area contributed by atoms with E-state index in [9.17, 15) is 25.2 Å². The number of hydrogen-bond donors (Lipinski definition) is 4. The Labute approximate surface area is 241 Å². The predicted molar refractivity (Wildman–Crippen MR) is 146 cm³/mol. The van der Waals surface area contributed by atoms with Crippen LogP contribution in [0.4, 0.5) is 0 Å². The zero-order chi connectivity index (χ0) is 29.5. The lowest BCUT2D eigenvalue weighted by Gasteiger charge is -2.39. The highest BCUT2D eigenvalue weighted by molar-refractivity contribution is 5.73. The van der Waals surface area contributed by atoms with Gasteiger partial charge in [-0.25, -0.2) is 4.79 Å². The molecule has 11 heteroatoms. The monoisotopic (exact) mass is 580 g/mol. The molecule has 0 saturated carbocycles. The Bertz CT molecular complexity index is 1460. The third-order valence-corrected chi connectivity index (χ3v) is 8.04. The van der Waals surface area contributed by atoms with Crippen LogP contribution in [0.1, 0.15) is 34.3 Å². The number of aryl methyl sites for hydroxylation is 2. The lowest BCUT2D eigenvalue weighted by Crippen LogP contribution is -2.61. The number of benzene rings is 3. The SMILES string of the molecule is COc1ccc2c(c1OC)O[C@@H]1c3cc(CCc4ccccc4)c(O[C@H]4O[C@H](C(=O)O)[C@@H](O)[C@H](O)[C@H]4O)cc3OC[C@@H]21. The van der Waals surface area contributed by atoms with Gasteiger partial charge in [-0.1, -0.05) is 36.4 Å². The summed E-state index contributed by atoms with van der Waals surface area (Å²) in [6.07, 6.45) is -7.85. The molecule has 11 nitrogen and oxygen atoms in total. The van der Waals surface area contributed by atoms with Gasteiger partial charge in [-0.15, -0.1) is 0 Å². The number of hydrogen-bond acceptors (Lipinski definition) is 10. The van der Waals surface area contributed by atoms with Crippen LogP contribution in [0.25, 0.3) is 0 Å². The first-order valence-corrected chi connectivity index (χ1v) is 13.6. The maximum absolute atomic E-state index is 11.6. The molecule has 0 spiro atoms. The van der Waals surface area contributed by atoms with E-state index in [-0.39, 0.29) is 17.8 Å². The second-order valence-corrected chi connectivity index (χ2v) is 10.5. The van der Waals surface area contributed by atoms with Crippen molar-refractivity contribution in [3.05, 3.63) is 76.9 Å². The summed E-state index contributed by atoms with van der Waals surface area (Å²) >= 11 is 0. The highest BCUT2D eigenvalue weighted by Crippen LogP contribution is 2.56. The summed E-state index contributed by atoms with van der Waals surface area (Å²) in [7, 11) is 3.13. The van der Waals surface area contributed by atoms with Gasteiger partial charge in [-0.05, 0) is 36.1 Å². The molecule has 0 aromatic heterocycles. The second kappa shape index (κ2) is 11.3. The van der Waals surface area contributed by atoms with E-state index in [2.05, 4.69) is 0 Å². The molecule has 42 heavy (non-hydrogen) atoms. The van der Waals surface area contributed by atoms with Gasteiger partial charge in [-0.2, -0.15) is 0 Å². The minimum Gasteiger partial charge on any atom is -0.493 e. The van der Waals surface area contributed by atoms with Crippen molar-refractivity contribution < 1.29 is 53.6 Å². The van der Waals surface area contributed by atoms with Crippen molar-refractivity contribution in [2.45, 2.75) is 55.6 Å². The molecule has 0 unspecified atom stereocenters. The molecule has 3 heterocycles. The van der Waals surface area contributed by atoms with Crippen molar-refractivity contribution >= 4 is 5.97 Å². The van der Waals surface area contributed by atoms with Gasteiger partial charge in [0.2, 0.25) is 12.0 Å². The van der Waals surface area contributed by atoms with E-state index >= 15 is 0 Å².